The molecular weight excluding hydrogens is 377 g/mol. The van der Waals surface area contributed by atoms with Gasteiger partial charge in [-0.1, -0.05) is 55.5 Å². The first-order valence-corrected chi connectivity index (χ1v) is 10.2. The Balaban J connectivity index is 1.71. The molecule has 0 saturated carbocycles. The van der Waals surface area contributed by atoms with E-state index in [1.165, 1.54) is 11.6 Å². The van der Waals surface area contributed by atoms with Crippen molar-refractivity contribution in [1.29, 1.82) is 0 Å². The molecule has 0 aliphatic carbocycles. The maximum Gasteiger partial charge on any atom is 0.258 e. The van der Waals surface area contributed by atoms with Crippen LogP contribution in [0.5, 0.6) is 0 Å². The highest BCUT2D eigenvalue weighted by molar-refractivity contribution is 5.77. The fourth-order valence-corrected chi connectivity index (χ4v) is 3.78. The van der Waals surface area contributed by atoms with Gasteiger partial charge in [-0.2, -0.15) is 0 Å². The lowest BCUT2D eigenvalue weighted by Gasteiger charge is -2.21. The van der Waals surface area contributed by atoms with Gasteiger partial charge in [-0.25, -0.2) is 9.37 Å². The molecule has 30 heavy (non-hydrogen) atoms. The number of aryl methyl sites for hydroxylation is 1. The Morgan fingerprint density at radius 3 is 2.50 bits per heavy atom. The van der Waals surface area contributed by atoms with E-state index in [1.54, 1.807) is 18.2 Å². The van der Waals surface area contributed by atoms with Crippen molar-refractivity contribution in [3.8, 4) is 0 Å². The Labute approximate surface area is 174 Å². The second-order valence-corrected chi connectivity index (χ2v) is 7.58. The van der Waals surface area contributed by atoms with Gasteiger partial charge in [0, 0.05) is 11.1 Å². The third-order valence-electron chi connectivity index (χ3n) is 5.50. The number of fused-ring (bicyclic) bond motifs is 1. The molecule has 0 bridgehead atoms. The molecule has 0 aliphatic heterocycles. The summed E-state index contributed by atoms with van der Waals surface area (Å²) in [6.45, 7) is 4.12. The van der Waals surface area contributed by atoms with Crippen LogP contribution in [0.15, 0.2) is 77.6 Å². The van der Waals surface area contributed by atoms with E-state index < -0.39 is 0 Å². The van der Waals surface area contributed by atoms with Crippen molar-refractivity contribution < 1.29 is 9.71 Å². The second kappa shape index (κ2) is 8.59. The summed E-state index contributed by atoms with van der Waals surface area (Å²) in [4.78, 5) is 20.1. The van der Waals surface area contributed by atoms with Crippen LogP contribution in [0.1, 0.15) is 48.4 Å². The average molecular weight is 402 g/mol. The number of hydrogen-bond donors (Lipinski definition) is 2. The molecule has 0 aliphatic rings. The number of nitrogens with two attached hydrogens (primary N) is 1. The van der Waals surface area contributed by atoms with Gasteiger partial charge in [-0.15, -0.1) is 0 Å². The summed E-state index contributed by atoms with van der Waals surface area (Å²) >= 11 is 0. The number of benzene rings is 3. The number of quaternary nitrogens is 1. The summed E-state index contributed by atoms with van der Waals surface area (Å²) in [5.74, 6) is 0.339. The average Bonchev–Trinajstić information content (AvgIpc) is 2.77. The number of rotatable bonds is 6. The van der Waals surface area contributed by atoms with Gasteiger partial charge >= 0.3 is 0 Å². The monoisotopic (exact) mass is 402 g/mol. The third-order valence-corrected chi connectivity index (χ3v) is 5.50. The van der Waals surface area contributed by atoms with Crippen molar-refractivity contribution in [2.75, 3.05) is 0 Å². The molecule has 2 atom stereocenters. The fraction of sp³-hybridized carbons (Fsp3) is 0.200. The smallest absolute Gasteiger partial charge is 0.258 e. The normalized spacial score (nSPS) is 13.3. The summed E-state index contributed by atoms with van der Waals surface area (Å²) in [7, 11) is 0. The molecule has 4 aromatic rings. The largest absolute Gasteiger partial charge is 0.328 e. The van der Waals surface area contributed by atoms with Gasteiger partial charge in [0.05, 0.1) is 10.9 Å². The molecule has 0 radical (unpaired) electrons. The van der Waals surface area contributed by atoms with Crippen molar-refractivity contribution >= 4 is 10.9 Å². The molecular formula is C25H25FN3O+. The van der Waals surface area contributed by atoms with Gasteiger partial charge in [0.25, 0.3) is 5.56 Å². The van der Waals surface area contributed by atoms with Crippen LogP contribution in [-0.4, -0.2) is 9.97 Å². The summed E-state index contributed by atoms with van der Waals surface area (Å²) < 4.78 is 14.0. The Kier molecular flexibility index (Phi) is 5.72. The molecule has 5 heteroatoms. The predicted octanol–water partition coefficient (Wildman–Crippen LogP) is 4.04. The van der Waals surface area contributed by atoms with E-state index >= 15 is 0 Å². The van der Waals surface area contributed by atoms with Crippen LogP contribution in [0.25, 0.3) is 10.9 Å². The lowest BCUT2D eigenvalue weighted by Crippen LogP contribution is -2.86. The number of hydrogen-bond acceptors (Lipinski definition) is 2. The number of aromatic nitrogens is 2. The lowest BCUT2D eigenvalue weighted by atomic mass is 9.96. The van der Waals surface area contributed by atoms with Crippen LogP contribution < -0.4 is 10.9 Å². The first-order valence-electron chi connectivity index (χ1n) is 10.2. The van der Waals surface area contributed by atoms with E-state index in [9.17, 15) is 9.18 Å². The standard InChI is InChI=1S/C25H24FN3O/c1-3-17-11-13-18(14-12-17)23(19-7-6-8-20(26)15-19)27-16(2)24-28-22-10-5-4-9-21(22)25(30)29-24/h4-16,23,27H,3H2,1-2H3,(H,28,29,30)/p+1/t16-,23-/m0/s1. The summed E-state index contributed by atoms with van der Waals surface area (Å²) in [5.41, 5.74) is 3.73. The van der Waals surface area contributed by atoms with Gasteiger partial charge in [-0.3, -0.25) is 4.79 Å². The highest BCUT2D eigenvalue weighted by atomic mass is 19.1. The first kappa shape index (κ1) is 20.0. The van der Waals surface area contributed by atoms with Crippen molar-refractivity contribution in [1.82, 2.24) is 9.97 Å². The van der Waals surface area contributed by atoms with E-state index in [4.69, 9.17) is 0 Å². The van der Waals surface area contributed by atoms with Crippen molar-refractivity contribution in [3.05, 3.63) is 111 Å². The van der Waals surface area contributed by atoms with E-state index in [1.807, 2.05) is 31.2 Å². The zero-order valence-electron chi connectivity index (χ0n) is 17.1. The molecule has 0 unspecified atom stereocenters. The summed E-state index contributed by atoms with van der Waals surface area (Å²) in [6.07, 6.45) is 0.966. The van der Waals surface area contributed by atoms with Crippen LogP contribution in [0, 0.1) is 5.82 Å². The van der Waals surface area contributed by atoms with Gasteiger partial charge in [0.2, 0.25) is 0 Å². The molecule has 0 saturated heterocycles. The highest BCUT2D eigenvalue weighted by Crippen LogP contribution is 2.21. The molecule has 3 N–H and O–H groups in total. The van der Waals surface area contributed by atoms with Crippen LogP contribution in [0.2, 0.25) is 0 Å². The topological polar surface area (TPSA) is 62.4 Å². The summed E-state index contributed by atoms with van der Waals surface area (Å²) in [5, 5.41) is 2.69. The van der Waals surface area contributed by atoms with Crippen LogP contribution in [-0.2, 0) is 6.42 Å². The van der Waals surface area contributed by atoms with Crippen molar-refractivity contribution in [2.24, 2.45) is 0 Å². The number of para-hydroxylation sites is 1. The van der Waals surface area contributed by atoms with E-state index in [-0.39, 0.29) is 23.5 Å². The maximum absolute atomic E-state index is 14.0. The molecule has 1 aromatic heterocycles. The highest BCUT2D eigenvalue weighted by Gasteiger charge is 2.23. The minimum absolute atomic E-state index is 0.127. The van der Waals surface area contributed by atoms with Crippen LogP contribution in [0.3, 0.4) is 0 Å². The molecule has 3 aromatic carbocycles. The Morgan fingerprint density at radius 1 is 1.00 bits per heavy atom. The molecule has 4 nitrogen and oxygen atoms in total. The van der Waals surface area contributed by atoms with Gasteiger partial charge in [0.1, 0.15) is 17.9 Å². The number of aromatic amines is 1. The van der Waals surface area contributed by atoms with E-state index in [2.05, 4.69) is 46.5 Å². The maximum atomic E-state index is 14.0. The predicted molar refractivity (Wildman–Crippen MR) is 117 cm³/mol. The first-order chi connectivity index (χ1) is 14.5. The minimum Gasteiger partial charge on any atom is -0.328 e. The molecule has 0 fully saturated rings. The molecule has 152 valence electrons. The zero-order valence-corrected chi connectivity index (χ0v) is 17.1. The second-order valence-electron chi connectivity index (χ2n) is 7.58. The van der Waals surface area contributed by atoms with E-state index in [0.29, 0.717) is 16.7 Å². The third kappa shape index (κ3) is 4.16. The Morgan fingerprint density at radius 2 is 1.77 bits per heavy atom. The van der Waals surface area contributed by atoms with Crippen LogP contribution in [0.4, 0.5) is 4.39 Å². The number of nitrogens with one attached hydrogen (secondary N) is 1. The zero-order chi connectivity index (χ0) is 21.1. The molecule has 0 amide bonds. The Hall–Kier alpha value is -3.31. The minimum atomic E-state index is -0.263. The van der Waals surface area contributed by atoms with Gasteiger partial charge < -0.3 is 10.3 Å². The molecule has 1 heterocycles. The fourth-order valence-electron chi connectivity index (χ4n) is 3.78. The number of H-pyrrole nitrogens is 1. The van der Waals surface area contributed by atoms with Crippen LogP contribution >= 0.6 is 0 Å². The number of nitrogens with zero attached hydrogens (tertiary/aromatic N) is 1. The van der Waals surface area contributed by atoms with Gasteiger partial charge in [0.15, 0.2) is 5.82 Å². The Bertz CT molecular complexity index is 1220. The molecule has 0 spiro atoms. The SMILES string of the molecule is CCc1ccc([C@H]([NH2+][C@@H](C)c2nc3ccccc3c(=O)[nH]2)c2cccc(F)c2)cc1. The van der Waals surface area contributed by atoms with Crippen molar-refractivity contribution in [3.63, 3.8) is 0 Å². The quantitative estimate of drug-likeness (QED) is 0.511. The molecule has 4 rings (SSSR count). The van der Waals surface area contributed by atoms with E-state index in [0.717, 1.165) is 17.5 Å². The van der Waals surface area contributed by atoms with Crippen molar-refractivity contribution in [2.45, 2.75) is 32.4 Å². The van der Waals surface area contributed by atoms with Gasteiger partial charge in [-0.05, 0) is 43.2 Å². The lowest BCUT2D eigenvalue weighted by molar-refractivity contribution is -0.724. The number of halogens is 1. The summed E-state index contributed by atoms with van der Waals surface area (Å²) in [6, 6.07) is 22.1.